The fourth-order valence-corrected chi connectivity index (χ4v) is 10.2. The summed E-state index contributed by atoms with van der Waals surface area (Å²) in [5.74, 6) is 0.797. The third-order valence-electron chi connectivity index (χ3n) is 10.8. The van der Waals surface area contributed by atoms with Gasteiger partial charge in [-0.2, -0.15) is 0 Å². The quantitative estimate of drug-likeness (QED) is 0.0951. The number of nitrogens with one attached hydrogen (secondary N) is 4. The van der Waals surface area contributed by atoms with Crippen molar-refractivity contribution in [3.05, 3.63) is 107 Å². The number of aromatic amines is 2. The number of carbonyl (C=O) groups is 4. The average molecular weight is 833 g/mol. The summed E-state index contributed by atoms with van der Waals surface area (Å²) >= 11 is 3.34. The molecule has 4 amide bonds. The minimum absolute atomic E-state index is 0.137. The van der Waals surface area contributed by atoms with E-state index in [1.165, 1.54) is 14.2 Å². The number of fused-ring (bicyclic) bond motifs is 1. The van der Waals surface area contributed by atoms with E-state index in [2.05, 4.69) is 55.6 Å². The lowest BCUT2D eigenvalue weighted by molar-refractivity contribution is -0.135. The molecule has 2 aromatic carbocycles. The van der Waals surface area contributed by atoms with Crippen LogP contribution in [0.2, 0.25) is 0 Å². The summed E-state index contributed by atoms with van der Waals surface area (Å²) < 4.78 is 11.9. The van der Waals surface area contributed by atoms with Crippen LogP contribution in [0.5, 0.6) is 0 Å². The largest absolute Gasteiger partial charge is 0.453 e. The van der Waals surface area contributed by atoms with Gasteiger partial charge in [0.15, 0.2) is 0 Å². The second-order valence-electron chi connectivity index (χ2n) is 14.8. The molecule has 8 rings (SSSR count). The zero-order valence-corrected chi connectivity index (χ0v) is 34.6. The van der Waals surface area contributed by atoms with E-state index in [0.717, 1.165) is 55.9 Å². The monoisotopic (exact) mass is 832 g/mol. The Morgan fingerprint density at radius 3 is 2.15 bits per heavy atom. The van der Waals surface area contributed by atoms with Gasteiger partial charge in [0.1, 0.15) is 29.8 Å². The van der Waals surface area contributed by atoms with Gasteiger partial charge < -0.3 is 39.9 Å². The van der Waals surface area contributed by atoms with Crippen molar-refractivity contribution in [1.82, 2.24) is 40.4 Å². The van der Waals surface area contributed by atoms with Crippen LogP contribution < -0.4 is 10.6 Å². The first kappa shape index (κ1) is 39.6. The van der Waals surface area contributed by atoms with Crippen LogP contribution in [0.15, 0.2) is 89.9 Å². The lowest BCUT2D eigenvalue weighted by Gasteiger charge is -2.29. The Kier molecular flexibility index (Phi) is 11.3. The van der Waals surface area contributed by atoms with E-state index in [1.807, 2.05) is 68.7 Å². The molecule has 1 unspecified atom stereocenters. The SMILES string of the molecule is COC(=O)NC(C(=O)N1CC=C[C@H]1c1nc(-c2csc3c(-c4ccc(-c5c[nH]c([C@@H]6CCCN6C(=O)[C@H](NC(=O)OC)c6ccccc6)n5)cc4)csc23)c[nH]1)C(C)C. The molecule has 16 heteroatoms. The summed E-state index contributed by atoms with van der Waals surface area (Å²) in [5.41, 5.74) is 6.42. The van der Waals surface area contributed by atoms with E-state index >= 15 is 0 Å². The van der Waals surface area contributed by atoms with Gasteiger partial charge in [-0.1, -0.05) is 80.6 Å². The molecule has 0 saturated carbocycles. The first-order valence-corrected chi connectivity index (χ1v) is 21.1. The highest BCUT2D eigenvalue weighted by atomic mass is 32.1. The lowest BCUT2D eigenvalue weighted by Crippen LogP contribution is -2.51. The maximum absolute atomic E-state index is 13.9. The number of H-pyrrole nitrogens is 2. The maximum Gasteiger partial charge on any atom is 0.407 e. The number of thiophene rings is 2. The number of methoxy groups -OCH3 is 2. The van der Waals surface area contributed by atoms with Crippen molar-refractivity contribution in [2.75, 3.05) is 27.3 Å². The molecule has 2 aliphatic heterocycles. The highest BCUT2D eigenvalue weighted by molar-refractivity contribution is 7.27. The summed E-state index contributed by atoms with van der Waals surface area (Å²) in [4.78, 5) is 71.8. The van der Waals surface area contributed by atoms with Crippen molar-refractivity contribution in [3.8, 4) is 33.6 Å². The fraction of sp³-hybridized carbons (Fsp3) is 0.302. The molecule has 4 atom stereocenters. The summed E-state index contributed by atoms with van der Waals surface area (Å²) in [5, 5.41) is 9.69. The molecule has 4 N–H and O–H groups in total. The van der Waals surface area contributed by atoms with Crippen LogP contribution in [-0.2, 0) is 19.1 Å². The van der Waals surface area contributed by atoms with Gasteiger partial charge in [-0.3, -0.25) is 9.59 Å². The molecule has 1 fully saturated rings. The number of likely N-dealkylation sites (tertiary alicyclic amines) is 1. The summed E-state index contributed by atoms with van der Waals surface area (Å²) in [6.45, 7) is 4.73. The lowest BCUT2D eigenvalue weighted by atomic mass is 10.0. The molecule has 0 aliphatic carbocycles. The number of alkyl carbamates (subject to hydrolysis) is 2. The average Bonchev–Trinajstić information content (AvgIpc) is 4.11. The van der Waals surface area contributed by atoms with Gasteiger partial charge in [-0.05, 0) is 29.9 Å². The summed E-state index contributed by atoms with van der Waals surface area (Å²) in [7, 11) is 2.56. The van der Waals surface area contributed by atoms with Gasteiger partial charge in [0.05, 0.1) is 41.0 Å². The number of nitrogens with zero attached hydrogens (tertiary/aromatic N) is 4. The van der Waals surface area contributed by atoms with E-state index in [-0.39, 0.29) is 23.8 Å². The summed E-state index contributed by atoms with van der Waals surface area (Å²) in [6.07, 6.45) is 7.89. The van der Waals surface area contributed by atoms with Crippen molar-refractivity contribution in [3.63, 3.8) is 0 Å². The molecular weight excluding hydrogens is 789 g/mol. The molecule has 0 bridgehead atoms. The molecular formula is C43H44N8O6S2. The molecule has 4 aromatic heterocycles. The maximum atomic E-state index is 13.9. The van der Waals surface area contributed by atoms with Gasteiger partial charge in [0, 0.05) is 52.9 Å². The van der Waals surface area contributed by atoms with Crippen LogP contribution >= 0.6 is 22.7 Å². The Bertz CT molecular complexity index is 2500. The number of benzene rings is 2. The third-order valence-corrected chi connectivity index (χ3v) is 13.0. The zero-order valence-electron chi connectivity index (χ0n) is 32.9. The highest BCUT2D eigenvalue weighted by Gasteiger charge is 2.38. The van der Waals surface area contributed by atoms with Gasteiger partial charge in [0.25, 0.3) is 5.91 Å². The van der Waals surface area contributed by atoms with Gasteiger partial charge in [-0.15, -0.1) is 22.7 Å². The molecule has 0 spiro atoms. The van der Waals surface area contributed by atoms with Crippen molar-refractivity contribution in [2.24, 2.45) is 5.92 Å². The predicted octanol–water partition coefficient (Wildman–Crippen LogP) is 7.99. The smallest absolute Gasteiger partial charge is 0.407 e. The molecule has 304 valence electrons. The number of imidazole rings is 2. The molecule has 0 radical (unpaired) electrons. The van der Waals surface area contributed by atoms with Crippen molar-refractivity contribution >= 4 is 56.1 Å². The molecule has 14 nitrogen and oxygen atoms in total. The fourth-order valence-electron chi connectivity index (χ4n) is 7.75. The molecule has 6 aromatic rings. The third kappa shape index (κ3) is 7.84. The van der Waals surface area contributed by atoms with Gasteiger partial charge in [-0.25, -0.2) is 19.6 Å². The first-order chi connectivity index (χ1) is 28.6. The summed E-state index contributed by atoms with van der Waals surface area (Å²) in [6, 6.07) is 15.2. The predicted molar refractivity (Wildman–Crippen MR) is 226 cm³/mol. The number of carbonyl (C=O) groups excluding carboxylic acids is 4. The second-order valence-corrected chi connectivity index (χ2v) is 16.5. The minimum atomic E-state index is -0.884. The van der Waals surface area contributed by atoms with Crippen LogP contribution in [0.25, 0.3) is 43.0 Å². The van der Waals surface area contributed by atoms with E-state index < -0.39 is 30.3 Å². The van der Waals surface area contributed by atoms with Crippen molar-refractivity contribution in [1.29, 1.82) is 0 Å². The van der Waals surface area contributed by atoms with Crippen LogP contribution in [0.3, 0.4) is 0 Å². The number of ether oxygens (including phenoxy) is 2. The van der Waals surface area contributed by atoms with Gasteiger partial charge in [0.2, 0.25) is 5.91 Å². The molecule has 6 heterocycles. The Labute approximate surface area is 348 Å². The number of hydrogen-bond acceptors (Lipinski definition) is 10. The number of rotatable bonds is 11. The van der Waals surface area contributed by atoms with Crippen LogP contribution in [0.4, 0.5) is 9.59 Å². The zero-order chi connectivity index (χ0) is 41.2. The number of hydrogen-bond donors (Lipinski definition) is 4. The minimum Gasteiger partial charge on any atom is -0.453 e. The normalized spacial score (nSPS) is 17.4. The van der Waals surface area contributed by atoms with Crippen molar-refractivity contribution in [2.45, 2.75) is 50.9 Å². The highest BCUT2D eigenvalue weighted by Crippen LogP contribution is 2.44. The van der Waals surface area contributed by atoms with Gasteiger partial charge >= 0.3 is 12.2 Å². The Balaban J connectivity index is 0.968. The van der Waals surface area contributed by atoms with Crippen molar-refractivity contribution < 1.29 is 28.7 Å². The van der Waals surface area contributed by atoms with E-state index in [9.17, 15) is 19.2 Å². The van der Waals surface area contributed by atoms with Crippen LogP contribution in [0.1, 0.15) is 62.0 Å². The number of amides is 4. The Morgan fingerprint density at radius 2 is 1.42 bits per heavy atom. The van der Waals surface area contributed by atoms with E-state index in [1.54, 1.807) is 32.5 Å². The van der Waals surface area contributed by atoms with E-state index in [4.69, 9.17) is 19.4 Å². The Morgan fingerprint density at radius 1 is 0.780 bits per heavy atom. The topological polar surface area (TPSA) is 175 Å². The van der Waals surface area contributed by atoms with E-state index in [0.29, 0.717) is 30.3 Å². The Hall–Kier alpha value is -6.26. The standard InChI is InChI=1S/C43H44N8O6S2/c1-24(2)34(48-42(54)56-3)40(52)50-18-8-13-33(50)39-45-21-31(47-39)29-23-59-36-28(22-58-37(29)36)25-14-16-26(17-15-25)30-20-44-38(46-30)32-12-9-19-51(32)41(53)35(49-43(55)57-4)27-10-6-5-7-11-27/h5-8,10-11,13-17,20-24,32-35H,9,12,18-19H2,1-4H3,(H,44,46)(H,45,47)(H,48,54)(H,49,55)/t32-,33-,34?,35+/m0/s1. The first-order valence-electron chi connectivity index (χ1n) is 19.4. The molecule has 2 aliphatic rings. The molecule has 1 saturated heterocycles. The van der Waals surface area contributed by atoms with Crippen LogP contribution in [0, 0.1) is 5.92 Å². The molecule has 59 heavy (non-hydrogen) atoms. The second kappa shape index (κ2) is 16.9. The number of aromatic nitrogens is 4. The van der Waals surface area contributed by atoms with Crippen LogP contribution in [-0.4, -0.2) is 87.1 Å².